The molecule has 3 bridgehead atoms. The molecule has 0 heterocycles. The van der Waals surface area contributed by atoms with Crippen LogP contribution in [0.15, 0.2) is 18.2 Å². The van der Waals surface area contributed by atoms with E-state index < -0.39 is 0 Å². The van der Waals surface area contributed by atoms with Gasteiger partial charge < -0.3 is 10.5 Å². The third-order valence-corrected chi connectivity index (χ3v) is 6.96. The molecule has 1 spiro atoms. The van der Waals surface area contributed by atoms with Gasteiger partial charge in [-0.05, 0) is 78.0 Å². The molecule has 1 aromatic rings. The second-order valence-corrected chi connectivity index (χ2v) is 8.44. The Morgan fingerprint density at radius 3 is 2.62 bits per heavy atom. The number of rotatable bonds is 1. The van der Waals surface area contributed by atoms with Crippen LogP contribution in [-0.2, 0) is 0 Å². The summed E-state index contributed by atoms with van der Waals surface area (Å²) in [6.45, 7) is 2.48. The zero-order valence-electron chi connectivity index (χ0n) is 12.8. The molecule has 4 aliphatic rings. The maximum atomic E-state index is 6.78. The van der Waals surface area contributed by atoms with E-state index in [4.69, 9.17) is 10.5 Å². The van der Waals surface area contributed by atoms with Gasteiger partial charge >= 0.3 is 0 Å². The SMILES string of the molecule is COc1ccc2c(c1)C1CC3(C)CC4(N)CC2C1(C3)C4.Cl. The average molecular weight is 306 g/mol. The summed E-state index contributed by atoms with van der Waals surface area (Å²) in [4.78, 5) is 0. The molecule has 0 amide bonds. The van der Waals surface area contributed by atoms with Crippen LogP contribution in [-0.4, -0.2) is 12.6 Å². The number of ether oxygens (including phenoxy) is 1. The maximum absolute atomic E-state index is 6.78. The highest BCUT2D eigenvalue weighted by atomic mass is 35.5. The third-order valence-electron chi connectivity index (χ3n) is 6.96. The fourth-order valence-electron chi connectivity index (χ4n) is 6.96. The Labute approximate surface area is 132 Å². The van der Waals surface area contributed by atoms with Crippen molar-refractivity contribution in [2.24, 2.45) is 16.6 Å². The highest BCUT2D eigenvalue weighted by Crippen LogP contribution is 2.79. The zero-order chi connectivity index (χ0) is 13.8. The van der Waals surface area contributed by atoms with E-state index in [1.165, 1.54) is 32.1 Å². The van der Waals surface area contributed by atoms with Gasteiger partial charge in [-0.2, -0.15) is 0 Å². The molecule has 0 aliphatic heterocycles. The van der Waals surface area contributed by atoms with Crippen LogP contribution < -0.4 is 10.5 Å². The number of fused-ring (bicyclic) bond motifs is 5. The molecule has 5 unspecified atom stereocenters. The highest BCUT2D eigenvalue weighted by Gasteiger charge is 2.71. The molecular formula is C18H24ClNO. The van der Waals surface area contributed by atoms with E-state index in [1.54, 1.807) is 18.2 Å². The topological polar surface area (TPSA) is 35.2 Å². The van der Waals surface area contributed by atoms with Crippen molar-refractivity contribution < 1.29 is 4.74 Å². The van der Waals surface area contributed by atoms with Crippen LogP contribution >= 0.6 is 12.4 Å². The van der Waals surface area contributed by atoms with E-state index in [-0.39, 0.29) is 17.9 Å². The summed E-state index contributed by atoms with van der Waals surface area (Å²) in [5.41, 5.74) is 11.0. The largest absolute Gasteiger partial charge is 0.497 e. The summed E-state index contributed by atoms with van der Waals surface area (Å²) in [5.74, 6) is 2.46. The van der Waals surface area contributed by atoms with Crippen molar-refractivity contribution in [1.82, 2.24) is 0 Å². The first-order valence-electron chi connectivity index (χ1n) is 7.94. The van der Waals surface area contributed by atoms with E-state index in [2.05, 4.69) is 25.1 Å². The molecule has 3 heteroatoms. The van der Waals surface area contributed by atoms with E-state index >= 15 is 0 Å². The molecule has 5 rings (SSSR count). The quantitative estimate of drug-likeness (QED) is 0.852. The molecular weight excluding hydrogens is 282 g/mol. The van der Waals surface area contributed by atoms with Crippen molar-refractivity contribution in [1.29, 1.82) is 0 Å². The van der Waals surface area contributed by atoms with Gasteiger partial charge in [0, 0.05) is 5.54 Å². The molecule has 5 atom stereocenters. The van der Waals surface area contributed by atoms with Crippen molar-refractivity contribution >= 4 is 12.4 Å². The highest BCUT2D eigenvalue weighted by molar-refractivity contribution is 5.85. The summed E-state index contributed by atoms with van der Waals surface area (Å²) in [6, 6.07) is 6.78. The molecule has 0 radical (unpaired) electrons. The lowest BCUT2D eigenvalue weighted by molar-refractivity contribution is 0.133. The standard InChI is InChI=1S/C18H23NO.ClH/c1-16-6-14-13-5-11(20-2)3-4-12(13)15-7-17(19,8-16)10-18(14,15)9-16;/h3-5,14-15H,6-10,19H2,1-2H3;1H. The van der Waals surface area contributed by atoms with Crippen LogP contribution in [0, 0.1) is 10.8 Å². The van der Waals surface area contributed by atoms with Crippen LogP contribution in [0.2, 0.25) is 0 Å². The van der Waals surface area contributed by atoms with Gasteiger partial charge in [-0.3, -0.25) is 0 Å². The van der Waals surface area contributed by atoms with Gasteiger partial charge in [0.05, 0.1) is 7.11 Å². The summed E-state index contributed by atoms with van der Waals surface area (Å²) < 4.78 is 5.47. The third kappa shape index (κ3) is 1.48. The van der Waals surface area contributed by atoms with Crippen LogP contribution in [0.1, 0.15) is 62.0 Å². The molecule has 3 fully saturated rings. The first kappa shape index (κ1) is 13.9. The van der Waals surface area contributed by atoms with Crippen molar-refractivity contribution in [2.75, 3.05) is 7.11 Å². The van der Waals surface area contributed by atoms with E-state index in [9.17, 15) is 0 Å². The molecule has 114 valence electrons. The van der Waals surface area contributed by atoms with Gasteiger partial charge in [0.2, 0.25) is 0 Å². The molecule has 2 N–H and O–H groups in total. The molecule has 21 heavy (non-hydrogen) atoms. The van der Waals surface area contributed by atoms with Crippen LogP contribution in [0.25, 0.3) is 0 Å². The van der Waals surface area contributed by atoms with Gasteiger partial charge in [-0.25, -0.2) is 0 Å². The molecule has 2 nitrogen and oxygen atoms in total. The summed E-state index contributed by atoms with van der Waals surface area (Å²) in [6.07, 6.45) is 6.42. The maximum Gasteiger partial charge on any atom is 0.119 e. The van der Waals surface area contributed by atoms with Crippen LogP contribution in [0.5, 0.6) is 5.75 Å². The Kier molecular flexibility index (Phi) is 2.50. The minimum Gasteiger partial charge on any atom is -0.497 e. The minimum absolute atomic E-state index is 0. The van der Waals surface area contributed by atoms with Crippen molar-refractivity contribution in [2.45, 2.75) is 56.4 Å². The second-order valence-electron chi connectivity index (χ2n) is 8.44. The monoisotopic (exact) mass is 305 g/mol. The normalized spacial score (nSPS) is 48.0. The molecule has 0 saturated heterocycles. The van der Waals surface area contributed by atoms with Crippen molar-refractivity contribution in [3.8, 4) is 5.75 Å². The smallest absolute Gasteiger partial charge is 0.119 e. The van der Waals surface area contributed by atoms with E-state index in [1.807, 2.05) is 0 Å². The number of nitrogens with two attached hydrogens (primary N) is 1. The molecule has 0 aromatic heterocycles. The van der Waals surface area contributed by atoms with Crippen molar-refractivity contribution in [3.63, 3.8) is 0 Å². The summed E-state index contributed by atoms with van der Waals surface area (Å²) in [5, 5.41) is 0. The second kappa shape index (κ2) is 3.78. The molecule has 3 saturated carbocycles. The number of halogens is 1. The number of methoxy groups -OCH3 is 1. The number of hydrogen-bond donors (Lipinski definition) is 1. The number of benzene rings is 1. The Balaban J connectivity index is 0.00000115. The lowest BCUT2D eigenvalue weighted by atomic mass is 9.66. The summed E-state index contributed by atoms with van der Waals surface area (Å²) in [7, 11) is 1.77. The first-order chi connectivity index (χ1) is 9.47. The Morgan fingerprint density at radius 2 is 1.86 bits per heavy atom. The Hall–Kier alpha value is -0.730. The summed E-state index contributed by atoms with van der Waals surface area (Å²) >= 11 is 0. The fourth-order valence-corrected chi connectivity index (χ4v) is 6.96. The fraction of sp³-hybridized carbons (Fsp3) is 0.667. The van der Waals surface area contributed by atoms with Gasteiger partial charge in [-0.1, -0.05) is 13.0 Å². The van der Waals surface area contributed by atoms with Gasteiger partial charge in [0.25, 0.3) is 0 Å². The first-order valence-corrected chi connectivity index (χ1v) is 7.94. The van der Waals surface area contributed by atoms with Crippen molar-refractivity contribution in [3.05, 3.63) is 29.3 Å². The average Bonchev–Trinajstić information content (AvgIpc) is 2.85. The van der Waals surface area contributed by atoms with E-state index in [0.29, 0.717) is 16.7 Å². The number of hydrogen-bond acceptors (Lipinski definition) is 2. The van der Waals surface area contributed by atoms with Crippen LogP contribution in [0.4, 0.5) is 0 Å². The minimum atomic E-state index is 0. The lowest BCUT2D eigenvalue weighted by Crippen LogP contribution is -2.45. The predicted octanol–water partition coefficient (Wildman–Crippen LogP) is 3.98. The lowest BCUT2D eigenvalue weighted by Gasteiger charge is -2.41. The predicted molar refractivity (Wildman–Crippen MR) is 86.3 cm³/mol. The Morgan fingerprint density at radius 1 is 1.10 bits per heavy atom. The molecule has 4 aliphatic carbocycles. The van der Waals surface area contributed by atoms with Gasteiger partial charge in [-0.15, -0.1) is 12.4 Å². The Bertz CT molecular complexity index is 628. The zero-order valence-corrected chi connectivity index (χ0v) is 13.6. The molecule has 1 aromatic carbocycles. The van der Waals surface area contributed by atoms with Gasteiger partial charge in [0.15, 0.2) is 0 Å². The van der Waals surface area contributed by atoms with E-state index in [0.717, 1.165) is 11.7 Å². The van der Waals surface area contributed by atoms with Crippen LogP contribution in [0.3, 0.4) is 0 Å². The van der Waals surface area contributed by atoms with Gasteiger partial charge in [0.1, 0.15) is 5.75 Å².